The number of carbonyl (C=O) groups excluding carboxylic acids is 2. The van der Waals surface area contributed by atoms with Gasteiger partial charge in [0, 0.05) is 18.5 Å². The summed E-state index contributed by atoms with van der Waals surface area (Å²) in [6.45, 7) is 9.50. The number of ether oxygens (including phenoxy) is 1. The Morgan fingerprint density at radius 1 is 0.852 bits per heavy atom. The second kappa shape index (κ2) is 10.6. The zero-order valence-electron chi connectivity index (χ0n) is 16.5. The Morgan fingerprint density at radius 3 is 2.04 bits per heavy atom. The van der Waals surface area contributed by atoms with E-state index in [4.69, 9.17) is 4.74 Å². The van der Waals surface area contributed by atoms with Gasteiger partial charge < -0.3 is 4.74 Å². The van der Waals surface area contributed by atoms with Crippen LogP contribution in [0.2, 0.25) is 0 Å². The quantitative estimate of drug-likeness (QED) is 0.457. The van der Waals surface area contributed by atoms with Gasteiger partial charge in [0.05, 0.1) is 6.42 Å². The van der Waals surface area contributed by atoms with Crippen molar-refractivity contribution in [2.24, 2.45) is 0 Å². The normalized spacial score (nSPS) is 10.8. The van der Waals surface area contributed by atoms with Crippen molar-refractivity contribution < 1.29 is 14.3 Å². The van der Waals surface area contributed by atoms with Crippen LogP contribution in [0.5, 0.6) is 0 Å². The van der Waals surface area contributed by atoms with E-state index in [0.29, 0.717) is 5.56 Å². The van der Waals surface area contributed by atoms with Gasteiger partial charge in [0.2, 0.25) is 0 Å². The summed E-state index contributed by atoms with van der Waals surface area (Å²) in [5.74, 6) is -0.379. The number of Topliss-reactive ketones (excluding diaryl/α,β-unsaturated/α-hetero) is 1. The number of aryl methyl sites for hydroxylation is 1. The van der Waals surface area contributed by atoms with E-state index in [2.05, 4.69) is 30.9 Å². The lowest BCUT2D eigenvalue weighted by atomic mass is 10.1. The molecule has 0 unspecified atom stereocenters. The molecule has 2 rings (SSSR count). The summed E-state index contributed by atoms with van der Waals surface area (Å²) in [5.41, 5.74) is 3.94. The molecule has 0 saturated heterocycles. The van der Waals surface area contributed by atoms with E-state index < -0.39 is 0 Å². The molecule has 0 aliphatic carbocycles. The minimum absolute atomic E-state index is 0.0345. The van der Waals surface area contributed by atoms with Gasteiger partial charge >= 0.3 is 5.97 Å². The number of hydrogen-bond acceptors (Lipinski definition) is 4. The molecule has 4 heteroatoms. The fourth-order valence-electron chi connectivity index (χ4n) is 2.78. The fourth-order valence-corrected chi connectivity index (χ4v) is 2.78. The first kappa shape index (κ1) is 20.8. The van der Waals surface area contributed by atoms with Crippen LogP contribution >= 0.6 is 0 Å². The molecular formula is C23H29NO3. The van der Waals surface area contributed by atoms with Gasteiger partial charge in [0.15, 0.2) is 5.78 Å². The highest BCUT2D eigenvalue weighted by Gasteiger charge is 2.10. The molecular weight excluding hydrogens is 338 g/mol. The first-order valence-electron chi connectivity index (χ1n) is 9.57. The Morgan fingerprint density at radius 2 is 1.44 bits per heavy atom. The predicted molar refractivity (Wildman–Crippen MR) is 108 cm³/mol. The molecule has 0 radical (unpaired) electrons. The van der Waals surface area contributed by atoms with Crippen LogP contribution in [0.4, 0.5) is 0 Å². The van der Waals surface area contributed by atoms with Gasteiger partial charge in [0.1, 0.15) is 6.61 Å². The van der Waals surface area contributed by atoms with Crippen LogP contribution < -0.4 is 0 Å². The molecule has 0 aromatic heterocycles. The minimum atomic E-state index is -0.345. The molecule has 0 bridgehead atoms. The van der Waals surface area contributed by atoms with E-state index in [0.717, 1.165) is 30.8 Å². The Labute approximate surface area is 162 Å². The SMILES string of the molecule is CCN(CC)Cc1ccc(COC(=O)CCC(=O)c2ccc(C)cc2)cc1. The van der Waals surface area contributed by atoms with Crippen LogP contribution in [-0.4, -0.2) is 29.7 Å². The van der Waals surface area contributed by atoms with Gasteiger partial charge in [-0.25, -0.2) is 0 Å². The first-order chi connectivity index (χ1) is 13.0. The monoisotopic (exact) mass is 367 g/mol. The molecule has 0 atom stereocenters. The highest BCUT2D eigenvalue weighted by atomic mass is 16.5. The average molecular weight is 367 g/mol. The first-order valence-corrected chi connectivity index (χ1v) is 9.57. The van der Waals surface area contributed by atoms with Crippen molar-refractivity contribution in [2.75, 3.05) is 13.1 Å². The van der Waals surface area contributed by atoms with Crippen molar-refractivity contribution in [1.82, 2.24) is 4.90 Å². The molecule has 144 valence electrons. The molecule has 0 amide bonds. The average Bonchev–Trinajstić information content (AvgIpc) is 2.70. The van der Waals surface area contributed by atoms with E-state index in [-0.39, 0.29) is 31.2 Å². The zero-order chi connectivity index (χ0) is 19.6. The molecule has 0 heterocycles. The van der Waals surface area contributed by atoms with Crippen molar-refractivity contribution >= 4 is 11.8 Å². The van der Waals surface area contributed by atoms with Gasteiger partial charge in [-0.15, -0.1) is 0 Å². The van der Waals surface area contributed by atoms with Crippen LogP contribution in [0.1, 0.15) is 53.7 Å². The van der Waals surface area contributed by atoms with E-state index in [1.54, 1.807) is 12.1 Å². The summed E-state index contributed by atoms with van der Waals surface area (Å²) in [5, 5.41) is 0. The second-order valence-corrected chi connectivity index (χ2v) is 6.73. The molecule has 0 spiro atoms. The van der Waals surface area contributed by atoms with Crippen molar-refractivity contribution in [2.45, 2.75) is 46.8 Å². The molecule has 0 fully saturated rings. The number of nitrogens with zero attached hydrogens (tertiary/aromatic N) is 1. The van der Waals surface area contributed by atoms with E-state index in [9.17, 15) is 9.59 Å². The number of esters is 1. The third-order valence-corrected chi connectivity index (χ3v) is 4.65. The third-order valence-electron chi connectivity index (χ3n) is 4.65. The Balaban J connectivity index is 1.75. The Kier molecular flexibility index (Phi) is 8.21. The van der Waals surface area contributed by atoms with Crippen molar-refractivity contribution in [3.05, 3.63) is 70.8 Å². The molecule has 0 aliphatic rings. The van der Waals surface area contributed by atoms with Crippen molar-refractivity contribution in [3.8, 4) is 0 Å². The maximum atomic E-state index is 12.1. The molecule has 0 aliphatic heterocycles. The van der Waals surface area contributed by atoms with E-state index in [1.807, 2.05) is 31.2 Å². The van der Waals surface area contributed by atoms with E-state index in [1.165, 1.54) is 5.56 Å². The minimum Gasteiger partial charge on any atom is -0.461 e. The highest BCUT2D eigenvalue weighted by molar-refractivity contribution is 5.97. The lowest BCUT2D eigenvalue weighted by Gasteiger charge is -2.18. The number of carbonyl (C=O) groups is 2. The summed E-state index contributed by atoms with van der Waals surface area (Å²) in [7, 11) is 0. The molecule has 0 N–H and O–H groups in total. The summed E-state index contributed by atoms with van der Waals surface area (Å²) in [6, 6.07) is 15.5. The van der Waals surface area contributed by atoms with Crippen LogP contribution in [0.3, 0.4) is 0 Å². The third kappa shape index (κ3) is 6.99. The molecule has 27 heavy (non-hydrogen) atoms. The van der Waals surface area contributed by atoms with Gasteiger partial charge in [-0.2, -0.15) is 0 Å². The lowest BCUT2D eigenvalue weighted by molar-refractivity contribution is -0.144. The van der Waals surface area contributed by atoms with Gasteiger partial charge in [0.25, 0.3) is 0 Å². The zero-order valence-corrected chi connectivity index (χ0v) is 16.5. The Bertz CT molecular complexity index is 731. The van der Waals surface area contributed by atoms with Gasteiger partial charge in [-0.05, 0) is 31.1 Å². The number of benzene rings is 2. The maximum absolute atomic E-state index is 12.1. The Hall–Kier alpha value is -2.46. The number of hydrogen-bond donors (Lipinski definition) is 0. The summed E-state index contributed by atoms with van der Waals surface area (Å²) in [4.78, 5) is 26.4. The van der Waals surface area contributed by atoms with Crippen molar-refractivity contribution in [3.63, 3.8) is 0 Å². The lowest BCUT2D eigenvalue weighted by Crippen LogP contribution is -2.22. The topological polar surface area (TPSA) is 46.6 Å². The highest BCUT2D eigenvalue weighted by Crippen LogP contribution is 2.11. The van der Waals surface area contributed by atoms with Crippen LogP contribution in [0.25, 0.3) is 0 Å². The van der Waals surface area contributed by atoms with Gasteiger partial charge in [-0.3, -0.25) is 14.5 Å². The van der Waals surface area contributed by atoms with E-state index >= 15 is 0 Å². The second-order valence-electron chi connectivity index (χ2n) is 6.73. The number of rotatable bonds is 10. The van der Waals surface area contributed by atoms with Crippen molar-refractivity contribution in [1.29, 1.82) is 0 Å². The maximum Gasteiger partial charge on any atom is 0.306 e. The number of ketones is 1. The summed E-state index contributed by atoms with van der Waals surface area (Å²) < 4.78 is 5.30. The summed E-state index contributed by atoms with van der Waals surface area (Å²) in [6.07, 6.45) is 0.275. The molecule has 2 aromatic carbocycles. The van der Waals surface area contributed by atoms with Crippen LogP contribution in [-0.2, 0) is 22.7 Å². The molecule has 4 nitrogen and oxygen atoms in total. The fraction of sp³-hybridized carbons (Fsp3) is 0.391. The smallest absolute Gasteiger partial charge is 0.306 e. The standard InChI is InChI=1S/C23H29NO3/c1-4-24(5-2)16-19-8-10-20(11-9-19)17-27-23(26)15-14-22(25)21-12-6-18(3)7-13-21/h6-13H,4-5,14-17H2,1-3H3. The summed E-state index contributed by atoms with van der Waals surface area (Å²) >= 11 is 0. The molecule has 2 aromatic rings. The predicted octanol–water partition coefficient (Wildman–Crippen LogP) is 4.54. The van der Waals surface area contributed by atoms with Crippen LogP contribution in [0, 0.1) is 6.92 Å². The van der Waals surface area contributed by atoms with Gasteiger partial charge in [-0.1, -0.05) is 67.9 Å². The largest absolute Gasteiger partial charge is 0.461 e. The van der Waals surface area contributed by atoms with Crippen LogP contribution in [0.15, 0.2) is 48.5 Å². The molecule has 0 saturated carbocycles.